The van der Waals surface area contributed by atoms with Crippen LogP contribution >= 0.6 is 0 Å². The van der Waals surface area contributed by atoms with Crippen molar-refractivity contribution in [3.8, 4) is 23.0 Å². The first kappa shape index (κ1) is 19.0. The number of piperazine rings is 1. The van der Waals surface area contributed by atoms with Crippen LogP contribution in [0, 0.1) is 0 Å². The first-order valence-electron chi connectivity index (χ1n) is 10.1. The van der Waals surface area contributed by atoms with Crippen molar-refractivity contribution in [1.29, 1.82) is 0 Å². The van der Waals surface area contributed by atoms with Crippen LogP contribution < -0.4 is 4.90 Å². The highest BCUT2D eigenvalue weighted by atomic mass is 16.5. The van der Waals surface area contributed by atoms with Gasteiger partial charge in [-0.3, -0.25) is 9.78 Å². The molecule has 0 spiro atoms. The molecule has 1 saturated heterocycles. The van der Waals surface area contributed by atoms with Crippen LogP contribution in [0.5, 0.6) is 0 Å². The smallest absolute Gasteiger partial charge is 0.258 e. The van der Waals surface area contributed by atoms with E-state index in [0.717, 1.165) is 18.7 Å². The number of hydrogen-bond donors (Lipinski definition) is 0. The maximum absolute atomic E-state index is 12.7. The SMILES string of the molecule is O=C(Cn1cnc(-c2noc(-c3ccncc3)n2)c1)N1CCN(c2ccccc2)CC1. The Kier molecular flexibility index (Phi) is 5.14. The number of benzene rings is 1. The summed E-state index contributed by atoms with van der Waals surface area (Å²) in [6.45, 7) is 3.29. The zero-order chi connectivity index (χ0) is 21.0. The monoisotopic (exact) mass is 415 g/mol. The van der Waals surface area contributed by atoms with E-state index in [-0.39, 0.29) is 12.5 Å². The van der Waals surface area contributed by atoms with Crippen LogP contribution in [0.3, 0.4) is 0 Å². The van der Waals surface area contributed by atoms with Gasteiger partial charge in [-0.1, -0.05) is 23.4 Å². The number of aromatic nitrogens is 5. The molecular weight excluding hydrogens is 394 g/mol. The Balaban J connectivity index is 1.19. The van der Waals surface area contributed by atoms with E-state index in [0.29, 0.717) is 30.5 Å². The number of amides is 1. The Morgan fingerprint density at radius 3 is 2.55 bits per heavy atom. The van der Waals surface area contributed by atoms with Crippen LogP contribution in [0.2, 0.25) is 0 Å². The molecule has 31 heavy (non-hydrogen) atoms. The quantitative estimate of drug-likeness (QED) is 0.494. The first-order chi connectivity index (χ1) is 15.3. The third-order valence-electron chi connectivity index (χ3n) is 5.29. The maximum Gasteiger partial charge on any atom is 0.258 e. The summed E-state index contributed by atoms with van der Waals surface area (Å²) in [5, 5.41) is 4.00. The molecule has 4 heterocycles. The van der Waals surface area contributed by atoms with Crippen molar-refractivity contribution in [3.63, 3.8) is 0 Å². The van der Waals surface area contributed by atoms with Crippen LogP contribution in [0.4, 0.5) is 5.69 Å². The summed E-state index contributed by atoms with van der Waals surface area (Å²) in [6.07, 6.45) is 6.72. The molecule has 5 rings (SSSR count). The number of hydrogen-bond acceptors (Lipinski definition) is 7. The summed E-state index contributed by atoms with van der Waals surface area (Å²) < 4.78 is 7.07. The molecule has 0 aliphatic carbocycles. The molecule has 1 aliphatic rings. The second-order valence-corrected chi connectivity index (χ2v) is 7.29. The van der Waals surface area contributed by atoms with Crippen molar-refractivity contribution in [2.45, 2.75) is 6.54 Å². The number of carbonyl (C=O) groups excluding carboxylic acids is 1. The Morgan fingerprint density at radius 2 is 1.77 bits per heavy atom. The summed E-state index contributed by atoms with van der Waals surface area (Å²) in [4.78, 5) is 29.6. The second-order valence-electron chi connectivity index (χ2n) is 7.29. The number of carbonyl (C=O) groups is 1. The van der Waals surface area contributed by atoms with Gasteiger partial charge in [-0.15, -0.1) is 0 Å². The van der Waals surface area contributed by atoms with Gasteiger partial charge in [-0.25, -0.2) is 4.98 Å². The predicted molar refractivity (Wildman–Crippen MR) is 114 cm³/mol. The van der Waals surface area contributed by atoms with Crippen LogP contribution in [-0.4, -0.2) is 61.7 Å². The lowest BCUT2D eigenvalue weighted by Crippen LogP contribution is -2.49. The summed E-state index contributed by atoms with van der Waals surface area (Å²) in [6, 6.07) is 13.9. The van der Waals surface area contributed by atoms with E-state index in [1.165, 1.54) is 5.69 Å². The minimum absolute atomic E-state index is 0.0715. The molecule has 0 bridgehead atoms. The third-order valence-corrected chi connectivity index (χ3v) is 5.29. The molecule has 0 saturated carbocycles. The van der Waals surface area contributed by atoms with Crippen molar-refractivity contribution in [3.05, 3.63) is 67.4 Å². The van der Waals surface area contributed by atoms with E-state index in [9.17, 15) is 4.79 Å². The number of rotatable bonds is 5. The molecule has 1 fully saturated rings. The highest BCUT2D eigenvalue weighted by Gasteiger charge is 2.22. The van der Waals surface area contributed by atoms with Gasteiger partial charge in [0.25, 0.3) is 5.89 Å². The number of para-hydroxylation sites is 1. The fraction of sp³-hybridized carbons (Fsp3) is 0.227. The average molecular weight is 415 g/mol. The Bertz CT molecular complexity index is 1150. The summed E-state index contributed by atoms with van der Waals surface area (Å²) >= 11 is 0. The van der Waals surface area contributed by atoms with Gasteiger partial charge in [0.05, 0.1) is 6.33 Å². The molecule has 9 nitrogen and oxygen atoms in total. The zero-order valence-electron chi connectivity index (χ0n) is 16.8. The van der Waals surface area contributed by atoms with E-state index in [1.54, 1.807) is 41.6 Å². The largest absolute Gasteiger partial charge is 0.368 e. The van der Waals surface area contributed by atoms with Crippen molar-refractivity contribution in [2.24, 2.45) is 0 Å². The van der Waals surface area contributed by atoms with Gasteiger partial charge in [0.1, 0.15) is 12.2 Å². The second kappa shape index (κ2) is 8.39. The fourth-order valence-corrected chi connectivity index (χ4v) is 3.61. The topological polar surface area (TPSA) is 93.2 Å². The lowest BCUT2D eigenvalue weighted by atomic mass is 10.2. The molecule has 1 aromatic carbocycles. The first-order valence-corrected chi connectivity index (χ1v) is 10.1. The van der Waals surface area contributed by atoms with Crippen molar-refractivity contribution in [1.82, 2.24) is 29.6 Å². The number of nitrogens with zero attached hydrogens (tertiary/aromatic N) is 7. The van der Waals surface area contributed by atoms with Crippen molar-refractivity contribution >= 4 is 11.6 Å². The maximum atomic E-state index is 12.7. The minimum atomic E-state index is 0.0715. The van der Waals surface area contributed by atoms with E-state index in [2.05, 4.69) is 37.1 Å². The molecule has 1 amide bonds. The van der Waals surface area contributed by atoms with Crippen LogP contribution in [0.1, 0.15) is 0 Å². The Hall–Kier alpha value is -4.01. The molecule has 156 valence electrons. The summed E-state index contributed by atoms with van der Waals surface area (Å²) in [7, 11) is 0. The minimum Gasteiger partial charge on any atom is -0.368 e. The van der Waals surface area contributed by atoms with Crippen LogP contribution in [0.25, 0.3) is 23.0 Å². The van der Waals surface area contributed by atoms with Crippen LogP contribution in [0.15, 0.2) is 71.9 Å². The van der Waals surface area contributed by atoms with Gasteiger partial charge < -0.3 is 18.9 Å². The summed E-state index contributed by atoms with van der Waals surface area (Å²) in [5.41, 5.74) is 2.55. The van der Waals surface area contributed by atoms with E-state index in [4.69, 9.17) is 4.52 Å². The lowest BCUT2D eigenvalue weighted by molar-refractivity contribution is -0.132. The summed E-state index contributed by atoms with van der Waals surface area (Å²) in [5.74, 6) is 0.857. The van der Waals surface area contributed by atoms with Gasteiger partial charge in [0.2, 0.25) is 11.7 Å². The molecule has 0 atom stereocenters. The van der Waals surface area contributed by atoms with Gasteiger partial charge in [-0.05, 0) is 24.3 Å². The number of pyridine rings is 1. The fourth-order valence-electron chi connectivity index (χ4n) is 3.61. The predicted octanol–water partition coefficient (Wildman–Crippen LogP) is 2.34. The van der Waals surface area contributed by atoms with Crippen LogP contribution in [-0.2, 0) is 11.3 Å². The van der Waals surface area contributed by atoms with E-state index >= 15 is 0 Å². The Morgan fingerprint density at radius 1 is 1.00 bits per heavy atom. The molecule has 0 unspecified atom stereocenters. The molecule has 0 N–H and O–H groups in total. The van der Waals surface area contributed by atoms with Gasteiger partial charge in [0.15, 0.2) is 0 Å². The van der Waals surface area contributed by atoms with Crippen molar-refractivity contribution in [2.75, 3.05) is 31.1 Å². The molecule has 9 heteroatoms. The third kappa shape index (κ3) is 4.16. The van der Waals surface area contributed by atoms with Gasteiger partial charge in [0, 0.05) is 56.0 Å². The number of imidazole rings is 1. The van der Waals surface area contributed by atoms with E-state index < -0.39 is 0 Å². The average Bonchev–Trinajstić information content (AvgIpc) is 3.50. The van der Waals surface area contributed by atoms with Gasteiger partial charge in [-0.2, -0.15) is 4.98 Å². The highest BCUT2D eigenvalue weighted by molar-refractivity contribution is 5.76. The molecular formula is C22H21N7O2. The molecule has 0 radical (unpaired) electrons. The molecule has 1 aliphatic heterocycles. The Labute approximate surface area is 179 Å². The normalized spacial score (nSPS) is 14.1. The molecule has 3 aromatic heterocycles. The standard InChI is InChI=1S/C22H21N7O2/c30-20(29-12-10-28(11-13-29)18-4-2-1-3-5-18)15-27-14-19(24-16-27)21-25-22(31-26-21)17-6-8-23-9-7-17/h1-9,14,16H,10-13,15H2. The van der Waals surface area contributed by atoms with E-state index in [1.807, 2.05) is 23.1 Å². The molecule has 4 aromatic rings. The highest BCUT2D eigenvalue weighted by Crippen LogP contribution is 2.20. The van der Waals surface area contributed by atoms with Gasteiger partial charge >= 0.3 is 0 Å². The zero-order valence-corrected chi connectivity index (χ0v) is 16.8. The van der Waals surface area contributed by atoms with Crippen molar-refractivity contribution < 1.29 is 9.32 Å². The number of anilines is 1. The lowest BCUT2D eigenvalue weighted by Gasteiger charge is -2.36.